The van der Waals surface area contributed by atoms with Crippen LogP contribution in [0.3, 0.4) is 0 Å². The first-order chi connectivity index (χ1) is 8.90. The average Bonchev–Trinajstić information content (AvgIpc) is 2.47. The molecule has 0 unspecified atom stereocenters. The van der Waals surface area contributed by atoms with Crippen molar-refractivity contribution in [2.24, 2.45) is 0 Å². The monoisotopic (exact) mass is 268 g/mol. The third-order valence-electron chi connectivity index (χ3n) is 3.50. The van der Waals surface area contributed by atoms with E-state index >= 15 is 0 Å². The fraction of sp³-hybridized carbons (Fsp3) is 0.538. The average molecular weight is 269 g/mol. The van der Waals surface area contributed by atoms with E-state index in [1.165, 1.54) is 5.69 Å². The van der Waals surface area contributed by atoms with Crippen molar-refractivity contribution < 1.29 is 9.47 Å². The van der Waals surface area contributed by atoms with Crippen LogP contribution in [0.1, 0.15) is 11.1 Å². The second-order valence-corrected chi connectivity index (χ2v) is 4.79. The van der Waals surface area contributed by atoms with Crippen molar-refractivity contribution in [1.29, 1.82) is 0 Å². The largest absolute Gasteiger partial charge is 0.467 e. The lowest BCUT2D eigenvalue weighted by atomic mass is 10.0. The van der Waals surface area contributed by atoms with E-state index < -0.39 is 0 Å². The summed E-state index contributed by atoms with van der Waals surface area (Å²) in [6.45, 7) is 5.01. The molecule has 0 aliphatic carbocycles. The fourth-order valence-electron chi connectivity index (χ4n) is 2.55. The smallest absolute Gasteiger partial charge is 0.189 e. The summed E-state index contributed by atoms with van der Waals surface area (Å²) in [5.74, 6) is 1.41. The highest BCUT2D eigenvalue weighted by Gasteiger charge is 2.21. The lowest BCUT2D eigenvalue weighted by molar-refractivity contribution is -0.0167. The van der Waals surface area contributed by atoms with Gasteiger partial charge in [-0.1, -0.05) is 0 Å². The van der Waals surface area contributed by atoms with Crippen LogP contribution < -0.4 is 15.0 Å². The van der Waals surface area contributed by atoms with E-state index in [1.54, 1.807) is 0 Å². The second-order valence-electron chi connectivity index (χ2n) is 4.52. The minimum atomic E-state index is 0.335. The highest BCUT2D eigenvalue weighted by molar-refractivity contribution is 6.17. The Hall–Kier alpha value is -0.970. The van der Waals surface area contributed by atoms with Crippen molar-refractivity contribution in [3.8, 4) is 5.75 Å². The number of piperazine rings is 1. The number of benzene rings is 1. The van der Waals surface area contributed by atoms with Gasteiger partial charge in [-0.15, -0.1) is 11.6 Å². The number of fused-ring (bicyclic) bond motifs is 1. The van der Waals surface area contributed by atoms with Crippen molar-refractivity contribution in [2.45, 2.75) is 12.5 Å². The molecule has 1 N–H and O–H groups in total. The van der Waals surface area contributed by atoms with E-state index in [9.17, 15) is 0 Å². The molecule has 1 aromatic carbocycles. The van der Waals surface area contributed by atoms with Gasteiger partial charge < -0.3 is 19.7 Å². The number of halogens is 1. The molecule has 2 heterocycles. The van der Waals surface area contributed by atoms with Crippen LogP contribution in [0.2, 0.25) is 0 Å². The van der Waals surface area contributed by atoms with Gasteiger partial charge in [0.1, 0.15) is 5.75 Å². The van der Waals surface area contributed by atoms with Crippen molar-refractivity contribution in [2.75, 3.05) is 37.9 Å². The molecule has 2 aliphatic rings. The summed E-state index contributed by atoms with van der Waals surface area (Å²) >= 11 is 6.13. The summed E-state index contributed by atoms with van der Waals surface area (Å²) in [7, 11) is 0. The zero-order valence-corrected chi connectivity index (χ0v) is 11.0. The topological polar surface area (TPSA) is 33.7 Å². The van der Waals surface area contributed by atoms with Crippen molar-refractivity contribution in [3.63, 3.8) is 0 Å². The number of anilines is 1. The number of rotatable bonds is 2. The van der Waals surface area contributed by atoms with Crippen LogP contribution in [0.15, 0.2) is 12.1 Å². The summed E-state index contributed by atoms with van der Waals surface area (Å²) in [6, 6.07) is 4.15. The molecule has 18 heavy (non-hydrogen) atoms. The number of hydrogen-bond donors (Lipinski definition) is 1. The Morgan fingerprint density at radius 3 is 2.89 bits per heavy atom. The standard InChI is InChI=1S/C13H17ClN2O2/c14-7-10-11-8-17-9-18-13(11)2-1-12(10)16-5-3-15-4-6-16/h1-2,15H,3-9H2. The predicted octanol–water partition coefficient (Wildman–Crippen LogP) is 1.70. The number of nitrogens with zero attached hydrogens (tertiary/aromatic N) is 1. The zero-order chi connectivity index (χ0) is 12.4. The van der Waals surface area contributed by atoms with Crippen molar-refractivity contribution in [3.05, 3.63) is 23.3 Å². The molecular weight excluding hydrogens is 252 g/mol. The highest BCUT2D eigenvalue weighted by atomic mass is 35.5. The Morgan fingerprint density at radius 2 is 2.11 bits per heavy atom. The maximum atomic E-state index is 6.13. The second kappa shape index (κ2) is 5.34. The molecule has 3 rings (SSSR count). The normalized spacial score (nSPS) is 19.3. The van der Waals surface area contributed by atoms with E-state index in [1.807, 2.05) is 6.07 Å². The first-order valence-electron chi connectivity index (χ1n) is 6.27. The van der Waals surface area contributed by atoms with Crippen LogP contribution >= 0.6 is 11.6 Å². The minimum absolute atomic E-state index is 0.335. The summed E-state index contributed by atoms with van der Waals surface area (Å²) in [4.78, 5) is 2.38. The molecule has 4 nitrogen and oxygen atoms in total. The molecule has 0 radical (unpaired) electrons. The third-order valence-corrected chi connectivity index (χ3v) is 3.77. The van der Waals surface area contributed by atoms with E-state index in [2.05, 4.69) is 16.3 Å². The lowest BCUT2D eigenvalue weighted by Gasteiger charge is -2.32. The Bertz CT molecular complexity index is 433. The first kappa shape index (κ1) is 12.1. The molecular formula is C13H17ClN2O2. The van der Waals surface area contributed by atoms with Gasteiger partial charge in [0.25, 0.3) is 0 Å². The quantitative estimate of drug-likeness (QED) is 0.828. The van der Waals surface area contributed by atoms with E-state index in [-0.39, 0.29) is 0 Å². The number of ether oxygens (including phenoxy) is 2. The van der Waals surface area contributed by atoms with Crippen LogP contribution in [0.25, 0.3) is 0 Å². The number of nitrogens with one attached hydrogen (secondary N) is 1. The molecule has 0 spiro atoms. The maximum absolute atomic E-state index is 6.13. The first-order valence-corrected chi connectivity index (χ1v) is 6.80. The molecule has 1 saturated heterocycles. The molecule has 0 saturated carbocycles. The molecule has 1 fully saturated rings. The van der Waals surface area contributed by atoms with Crippen LogP contribution in [0.5, 0.6) is 5.75 Å². The fourth-order valence-corrected chi connectivity index (χ4v) is 2.85. The van der Waals surface area contributed by atoms with Crippen LogP contribution in [0, 0.1) is 0 Å². The Kier molecular flexibility index (Phi) is 3.59. The van der Waals surface area contributed by atoms with Crippen LogP contribution in [-0.2, 0) is 17.2 Å². The van der Waals surface area contributed by atoms with Gasteiger partial charge in [0.2, 0.25) is 0 Å². The van der Waals surface area contributed by atoms with Crippen LogP contribution in [0.4, 0.5) is 5.69 Å². The Labute approximate surface area is 112 Å². The molecule has 0 bridgehead atoms. The van der Waals surface area contributed by atoms with Crippen LogP contribution in [-0.4, -0.2) is 33.0 Å². The molecule has 0 amide bonds. The molecule has 98 valence electrons. The van der Waals surface area contributed by atoms with E-state index in [4.69, 9.17) is 21.1 Å². The molecule has 0 atom stereocenters. The van der Waals surface area contributed by atoms with Gasteiger partial charge in [0.05, 0.1) is 6.61 Å². The van der Waals surface area contributed by atoms with Gasteiger partial charge in [-0.2, -0.15) is 0 Å². The molecule has 0 aromatic heterocycles. The summed E-state index contributed by atoms with van der Waals surface area (Å²) in [6.07, 6.45) is 0. The van der Waals surface area contributed by atoms with Crippen molar-refractivity contribution in [1.82, 2.24) is 5.32 Å². The number of hydrogen-bond acceptors (Lipinski definition) is 4. The van der Waals surface area contributed by atoms with Gasteiger partial charge >= 0.3 is 0 Å². The lowest BCUT2D eigenvalue weighted by Crippen LogP contribution is -2.44. The molecule has 5 heteroatoms. The van der Waals surface area contributed by atoms with Gasteiger partial charge in [0.15, 0.2) is 6.79 Å². The maximum Gasteiger partial charge on any atom is 0.189 e. The zero-order valence-electron chi connectivity index (χ0n) is 10.2. The molecule has 1 aromatic rings. The highest BCUT2D eigenvalue weighted by Crippen LogP contribution is 2.35. The summed E-state index contributed by atoms with van der Waals surface area (Å²) < 4.78 is 10.9. The van der Waals surface area contributed by atoms with Crippen molar-refractivity contribution >= 4 is 17.3 Å². The number of alkyl halides is 1. The molecule has 2 aliphatic heterocycles. The Morgan fingerprint density at radius 1 is 1.28 bits per heavy atom. The summed E-state index contributed by atoms with van der Waals surface area (Å²) in [5.41, 5.74) is 3.47. The van der Waals surface area contributed by atoms with Gasteiger partial charge in [-0.05, 0) is 17.7 Å². The van der Waals surface area contributed by atoms with E-state index in [0.29, 0.717) is 19.3 Å². The SMILES string of the molecule is ClCc1c(N2CCNCC2)ccc2c1COCO2. The van der Waals surface area contributed by atoms with Gasteiger partial charge in [0, 0.05) is 43.3 Å². The van der Waals surface area contributed by atoms with E-state index in [0.717, 1.165) is 43.1 Å². The summed E-state index contributed by atoms with van der Waals surface area (Å²) in [5, 5.41) is 3.36. The minimum Gasteiger partial charge on any atom is -0.467 e. The third kappa shape index (κ3) is 2.16. The predicted molar refractivity (Wildman–Crippen MR) is 71.4 cm³/mol. The Balaban J connectivity index is 1.98. The van der Waals surface area contributed by atoms with Gasteiger partial charge in [-0.3, -0.25) is 0 Å². The van der Waals surface area contributed by atoms with Gasteiger partial charge in [-0.25, -0.2) is 0 Å².